The lowest BCUT2D eigenvalue weighted by atomic mass is 10.0. The normalized spacial score (nSPS) is 11.3. The molecular weight excluding hydrogens is 260 g/mol. The molecule has 0 fully saturated rings. The Kier molecular flexibility index (Phi) is 3.53. The predicted molar refractivity (Wildman–Crippen MR) is 75.0 cm³/mol. The molecule has 4 heteroatoms. The predicted octanol–water partition coefficient (Wildman–Crippen LogP) is 2.96. The molecule has 2 aromatic rings. The summed E-state index contributed by atoms with van der Waals surface area (Å²) >= 11 is 0. The lowest BCUT2D eigenvalue weighted by molar-refractivity contribution is 0.101. The maximum Gasteiger partial charge on any atom is 0.175 e. The Balaban J connectivity index is 2.43. The van der Waals surface area contributed by atoms with Crippen molar-refractivity contribution in [2.24, 2.45) is 0 Å². The van der Waals surface area contributed by atoms with Crippen LogP contribution in [-0.4, -0.2) is 20.5 Å². The van der Waals surface area contributed by atoms with Crippen LogP contribution < -0.4 is 0 Å². The van der Waals surface area contributed by atoms with Crippen molar-refractivity contribution in [2.75, 3.05) is 6.26 Å². The van der Waals surface area contributed by atoms with E-state index >= 15 is 0 Å². The van der Waals surface area contributed by atoms with E-state index in [2.05, 4.69) is 0 Å². The minimum Gasteiger partial charge on any atom is -0.295 e. The van der Waals surface area contributed by atoms with Gasteiger partial charge in [-0.2, -0.15) is 0 Å². The molecule has 19 heavy (non-hydrogen) atoms. The summed E-state index contributed by atoms with van der Waals surface area (Å²) in [5.41, 5.74) is 2.42. The highest BCUT2D eigenvalue weighted by molar-refractivity contribution is 7.90. The smallest absolute Gasteiger partial charge is 0.175 e. The van der Waals surface area contributed by atoms with Crippen LogP contribution in [0.3, 0.4) is 0 Å². The fourth-order valence-electron chi connectivity index (χ4n) is 1.81. The molecule has 0 bridgehead atoms. The van der Waals surface area contributed by atoms with E-state index < -0.39 is 9.84 Å². The van der Waals surface area contributed by atoms with E-state index in [1.165, 1.54) is 13.2 Å². The fraction of sp³-hybridized carbons (Fsp3) is 0.133. The van der Waals surface area contributed by atoms with Crippen LogP contribution >= 0.6 is 0 Å². The third kappa shape index (κ3) is 3.09. The van der Waals surface area contributed by atoms with Gasteiger partial charge in [0.15, 0.2) is 15.6 Å². The Labute approximate surface area is 112 Å². The van der Waals surface area contributed by atoms with Crippen molar-refractivity contribution in [3.05, 3.63) is 54.1 Å². The minimum atomic E-state index is -3.18. The molecule has 0 aliphatic heterocycles. The Bertz CT molecular complexity index is 713. The second kappa shape index (κ2) is 4.97. The Morgan fingerprint density at radius 1 is 0.947 bits per heavy atom. The van der Waals surface area contributed by atoms with Gasteiger partial charge in [-0.3, -0.25) is 4.79 Å². The van der Waals surface area contributed by atoms with Crippen LogP contribution in [0, 0.1) is 0 Å². The average molecular weight is 274 g/mol. The summed E-state index contributed by atoms with van der Waals surface area (Å²) in [6.45, 7) is 1.52. The second-order valence-corrected chi connectivity index (χ2v) is 6.45. The monoisotopic (exact) mass is 274 g/mol. The molecule has 0 spiro atoms. The summed E-state index contributed by atoms with van der Waals surface area (Å²) in [7, 11) is -3.18. The van der Waals surface area contributed by atoms with Crippen LogP contribution in [0.5, 0.6) is 0 Å². The molecule has 0 aliphatic rings. The first-order valence-electron chi connectivity index (χ1n) is 5.79. The summed E-state index contributed by atoms with van der Waals surface area (Å²) in [4.78, 5) is 11.6. The number of sulfone groups is 1. The molecule has 0 aromatic heterocycles. The van der Waals surface area contributed by atoms with Gasteiger partial charge < -0.3 is 0 Å². The van der Waals surface area contributed by atoms with Crippen molar-refractivity contribution in [2.45, 2.75) is 11.8 Å². The van der Waals surface area contributed by atoms with E-state index in [4.69, 9.17) is 0 Å². The van der Waals surface area contributed by atoms with E-state index in [1.807, 2.05) is 12.1 Å². The van der Waals surface area contributed by atoms with Crippen molar-refractivity contribution in [1.29, 1.82) is 0 Å². The number of benzene rings is 2. The Morgan fingerprint density at radius 3 is 2.11 bits per heavy atom. The van der Waals surface area contributed by atoms with E-state index in [0.717, 1.165) is 11.1 Å². The number of hydrogen-bond acceptors (Lipinski definition) is 3. The van der Waals surface area contributed by atoms with Crippen LogP contribution in [-0.2, 0) is 9.84 Å². The number of ketones is 1. The topological polar surface area (TPSA) is 51.2 Å². The highest BCUT2D eigenvalue weighted by Gasteiger charge is 2.07. The standard InChI is InChI=1S/C15H14O3S/c1-11(16)13-4-3-5-14(10-13)12-6-8-15(9-7-12)19(2,17)18/h3-10H,1-2H3. The summed E-state index contributed by atoms with van der Waals surface area (Å²) in [6.07, 6.45) is 1.18. The van der Waals surface area contributed by atoms with Crippen molar-refractivity contribution >= 4 is 15.6 Å². The second-order valence-electron chi connectivity index (χ2n) is 4.43. The quantitative estimate of drug-likeness (QED) is 0.808. The summed E-state index contributed by atoms with van der Waals surface area (Å²) < 4.78 is 22.8. The van der Waals surface area contributed by atoms with Gasteiger partial charge in [0.1, 0.15) is 0 Å². The van der Waals surface area contributed by atoms with E-state index in [9.17, 15) is 13.2 Å². The first kappa shape index (κ1) is 13.5. The third-order valence-corrected chi connectivity index (χ3v) is 4.01. The molecule has 98 valence electrons. The molecule has 2 rings (SSSR count). The van der Waals surface area contributed by atoms with Gasteiger partial charge in [0.05, 0.1) is 4.90 Å². The van der Waals surface area contributed by atoms with Crippen molar-refractivity contribution in [3.8, 4) is 11.1 Å². The molecule has 0 aliphatic carbocycles. The van der Waals surface area contributed by atoms with Gasteiger partial charge in [0.2, 0.25) is 0 Å². The first-order chi connectivity index (χ1) is 8.88. The molecule has 0 radical (unpaired) electrons. The van der Waals surface area contributed by atoms with E-state index in [-0.39, 0.29) is 5.78 Å². The van der Waals surface area contributed by atoms with Crippen molar-refractivity contribution < 1.29 is 13.2 Å². The molecule has 0 N–H and O–H groups in total. The van der Waals surface area contributed by atoms with Crippen LogP contribution in [0.1, 0.15) is 17.3 Å². The average Bonchev–Trinajstić information content (AvgIpc) is 2.38. The summed E-state index contributed by atoms with van der Waals surface area (Å²) in [5, 5.41) is 0. The number of Topliss-reactive ketones (excluding diaryl/α,β-unsaturated/α-hetero) is 1. The van der Waals surface area contributed by atoms with Gasteiger partial charge in [-0.1, -0.05) is 30.3 Å². The van der Waals surface area contributed by atoms with Crippen molar-refractivity contribution in [3.63, 3.8) is 0 Å². The molecule has 0 heterocycles. The van der Waals surface area contributed by atoms with Gasteiger partial charge in [-0.05, 0) is 36.2 Å². The molecular formula is C15H14O3S. The number of carbonyl (C=O) groups excluding carboxylic acids is 1. The van der Waals surface area contributed by atoms with Gasteiger partial charge in [-0.15, -0.1) is 0 Å². The molecule has 0 unspecified atom stereocenters. The van der Waals surface area contributed by atoms with Gasteiger partial charge in [0.25, 0.3) is 0 Å². The highest BCUT2D eigenvalue weighted by atomic mass is 32.2. The van der Waals surface area contributed by atoms with E-state index in [1.54, 1.807) is 36.4 Å². The maximum atomic E-state index is 11.4. The molecule has 0 saturated heterocycles. The molecule has 0 amide bonds. The van der Waals surface area contributed by atoms with E-state index in [0.29, 0.717) is 10.5 Å². The summed E-state index contributed by atoms with van der Waals surface area (Å²) in [5.74, 6) is 0.00889. The zero-order chi connectivity index (χ0) is 14.0. The third-order valence-electron chi connectivity index (χ3n) is 2.88. The number of hydrogen-bond donors (Lipinski definition) is 0. The largest absolute Gasteiger partial charge is 0.295 e. The molecule has 3 nitrogen and oxygen atoms in total. The zero-order valence-electron chi connectivity index (χ0n) is 10.8. The zero-order valence-corrected chi connectivity index (χ0v) is 11.6. The van der Waals surface area contributed by atoms with Crippen LogP contribution in [0.25, 0.3) is 11.1 Å². The lowest BCUT2D eigenvalue weighted by Crippen LogP contribution is -1.96. The highest BCUT2D eigenvalue weighted by Crippen LogP contribution is 2.22. The SMILES string of the molecule is CC(=O)c1cccc(-c2ccc(S(C)(=O)=O)cc2)c1. The number of carbonyl (C=O) groups is 1. The molecule has 0 saturated carbocycles. The molecule has 2 aromatic carbocycles. The lowest BCUT2D eigenvalue weighted by Gasteiger charge is -2.05. The van der Waals surface area contributed by atoms with Gasteiger partial charge in [-0.25, -0.2) is 8.42 Å². The fourth-order valence-corrected chi connectivity index (χ4v) is 2.44. The molecule has 0 atom stereocenters. The van der Waals surface area contributed by atoms with Crippen LogP contribution in [0.4, 0.5) is 0 Å². The van der Waals surface area contributed by atoms with Crippen LogP contribution in [0.15, 0.2) is 53.4 Å². The summed E-state index contributed by atoms with van der Waals surface area (Å²) in [6, 6.07) is 13.9. The minimum absolute atomic E-state index is 0.00889. The Hall–Kier alpha value is -1.94. The van der Waals surface area contributed by atoms with Crippen LogP contribution in [0.2, 0.25) is 0 Å². The van der Waals surface area contributed by atoms with Gasteiger partial charge >= 0.3 is 0 Å². The number of rotatable bonds is 3. The first-order valence-corrected chi connectivity index (χ1v) is 7.68. The van der Waals surface area contributed by atoms with Crippen molar-refractivity contribution in [1.82, 2.24) is 0 Å². The maximum absolute atomic E-state index is 11.4. The van der Waals surface area contributed by atoms with Gasteiger partial charge in [0, 0.05) is 11.8 Å². The Morgan fingerprint density at radius 2 is 1.58 bits per heavy atom.